The first-order valence-corrected chi connectivity index (χ1v) is 6.03. The number of hydrogen-bond acceptors (Lipinski definition) is 4. The maximum absolute atomic E-state index is 8.99. The van der Waals surface area contributed by atoms with Crippen molar-refractivity contribution in [2.24, 2.45) is 0 Å². The maximum Gasteiger partial charge on any atom is 0.144 e. The fraction of sp³-hybridized carbons (Fsp3) is 0.538. The zero-order valence-electron chi connectivity index (χ0n) is 10.1. The van der Waals surface area contributed by atoms with Gasteiger partial charge < -0.3 is 10.1 Å². The van der Waals surface area contributed by atoms with Crippen LogP contribution in [0.2, 0.25) is 0 Å². The standard InChI is InChI=1S/C13H17N3O/c1-10-5-6-11(8-14)13(16-10)15-9-12-4-2-3-7-17-12/h5-6,12H,2-4,7,9H2,1H3,(H,15,16). The van der Waals surface area contributed by atoms with Gasteiger partial charge in [-0.1, -0.05) is 0 Å². The van der Waals surface area contributed by atoms with Gasteiger partial charge in [0.05, 0.1) is 11.7 Å². The molecule has 0 saturated carbocycles. The summed E-state index contributed by atoms with van der Waals surface area (Å²) < 4.78 is 5.63. The summed E-state index contributed by atoms with van der Waals surface area (Å²) in [7, 11) is 0. The molecule has 90 valence electrons. The van der Waals surface area contributed by atoms with Gasteiger partial charge in [-0.3, -0.25) is 0 Å². The minimum absolute atomic E-state index is 0.248. The molecule has 4 nitrogen and oxygen atoms in total. The Kier molecular flexibility index (Phi) is 3.94. The fourth-order valence-electron chi connectivity index (χ4n) is 1.96. The lowest BCUT2D eigenvalue weighted by atomic mass is 10.1. The maximum atomic E-state index is 8.99. The molecule has 2 rings (SSSR count). The van der Waals surface area contributed by atoms with E-state index < -0.39 is 0 Å². The van der Waals surface area contributed by atoms with Crippen LogP contribution in [0.15, 0.2) is 12.1 Å². The first-order chi connectivity index (χ1) is 8.29. The van der Waals surface area contributed by atoms with Gasteiger partial charge in [0.1, 0.15) is 11.9 Å². The van der Waals surface area contributed by atoms with E-state index in [1.807, 2.05) is 13.0 Å². The number of aromatic nitrogens is 1. The molecule has 17 heavy (non-hydrogen) atoms. The number of nitriles is 1. The van der Waals surface area contributed by atoms with Crippen LogP contribution in [0.4, 0.5) is 5.82 Å². The molecule has 1 unspecified atom stereocenters. The quantitative estimate of drug-likeness (QED) is 0.866. The van der Waals surface area contributed by atoms with Gasteiger partial charge in [-0.25, -0.2) is 4.98 Å². The van der Waals surface area contributed by atoms with Crippen molar-refractivity contribution in [3.8, 4) is 6.07 Å². The number of nitrogens with zero attached hydrogens (tertiary/aromatic N) is 2. The van der Waals surface area contributed by atoms with Crippen LogP contribution in [-0.2, 0) is 4.74 Å². The summed E-state index contributed by atoms with van der Waals surface area (Å²) in [6.07, 6.45) is 3.71. The van der Waals surface area contributed by atoms with Crippen molar-refractivity contribution in [3.63, 3.8) is 0 Å². The molecule has 4 heteroatoms. The van der Waals surface area contributed by atoms with E-state index in [0.29, 0.717) is 11.4 Å². The zero-order chi connectivity index (χ0) is 12.1. The SMILES string of the molecule is Cc1ccc(C#N)c(NCC2CCCCO2)n1. The van der Waals surface area contributed by atoms with Crippen LogP contribution < -0.4 is 5.32 Å². The number of pyridine rings is 1. The molecule has 0 aliphatic carbocycles. The molecule has 2 heterocycles. The molecule has 0 amide bonds. The number of aryl methyl sites for hydroxylation is 1. The lowest BCUT2D eigenvalue weighted by molar-refractivity contribution is 0.0247. The highest BCUT2D eigenvalue weighted by atomic mass is 16.5. The van der Waals surface area contributed by atoms with Crippen molar-refractivity contribution < 1.29 is 4.74 Å². The second kappa shape index (κ2) is 5.65. The predicted molar refractivity (Wildman–Crippen MR) is 65.8 cm³/mol. The Labute approximate surface area is 102 Å². The summed E-state index contributed by atoms with van der Waals surface area (Å²) in [6.45, 7) is 3.49. The number of nitrogens with one attached hydrogen (secondary N) is 1. The van der Waals surface area contributed by atoms with Gasteiger partial charge in [0.15, 0.2) is 0 Å². The van der Waals surface area contributed by atoms with Crippen molar-refractivity contribution in [2.45, 2.75) is 32.3 Å². The van der Waals surface area contributed by atoms with E-state index in [-0.39, 0.29) is 6.10 Å². The average Bonchev–Trinajstić information content (AvgIpc) is 2.38. The third-order valence-corrected chi connectivity index (χ3v) is 2.93. The van der Waals surface area contributed by atoms with Crippen LogP contribution >= 0.6 is 0 Å². The van der Waals surface area contributed by atoms with Crippen LogP contribution in [0.5, 0.6) is 0 Å². The van der Waals surface area contributed by atoms with Gasteiger partial charge in [-0.2, -0.15) is 5.26 Å². The topological polar surface area (TPSA) is 57.9 Å². The average molecular weight is 231 g/mol. The monoisotopic (exact) mass is 231 g/mol. The Morgan fingerprint density at radius 3 is 3.12 bits per heavy atom. The van der Waals surface area contributed by atoms with Crippen molar-refractivity contribution in [1.82, 2.24) is 4.98 Å². The van der Waals surface area contributed by atoms with Gasteiger partial charge >= 0.3 is 0 Å². The summed E-state index contributed by atoms with van der Waals surface area (Å²) in [6, 6.07) is 5.79. The number of ether oxygens (including phenoxy) is 1. The molecule has 1 atom stereocenters. The molecule has 1 aromatic rings. The molecular weight excluding hydrogens is 214 g/mol. The van der Waals surface area contributed by atoms with Gasteiger partial charge in [0.2, 0.25) is 0 Å². The van der Waals surface area contributed by atoms with Crippen LogP contribution in [-0.4, -0.2) is 24.2 Å². The van der Waals surface area contributed by atoms with Gasteiger partial charge in [-0.05, 0) is 38.3 Å². The minimum Gasteiger partial charge on any atom is -0.376 e. The third kappa shape index (κ3) is 3.18. The first-order valence-electron chi connectivity index (χ1n) is 6.03. The predicted octanol–water partition coefficient (Wildman–Crippen LogP) is 2.24. The van der Waals surface area contributed by atoms with E-state index in [2.05, 4.69) is 16.4 Å². The van der Waals surface area contributed by atoms with E-state index in [4.69, 9.17) is 10.00 Å². The molecule has 1 aromatic heterocycles. The Bertz CT molecular complexity index is 419. The lowest BCUT2D eigenvalue weighted by Gasteiger charge is -2.23. The van der Waals surface area contributed by atoms with Gasteiger partial charge in [0, 0.05) is 18.8 Å². The smallest absolute Gasteiger partial charge is 0.144 e. The number of anilines is 1. The molecule has 1 saturated heterocycles. The Hall–Kier alpha value is -1.60. The molecule has 0 aromatic carbocycles. The van der Waals surface area contributed by atoms with E-state index in [1.165, 1.54) is 6.42 Å². The van der Waals surface area contributed by atoms with Crippen molar-refractivity contribution in [3.05, 3.63) is 23.4 Å². The highest BCUT2D eigenvalue weighted by molar-refractivity contribution is 5.52. The molecule has 0 radical (unpaired) electrons. The second-order valence-corrected chi connectivity index (χ2v) is 4.33. The van der Waals surface area contributed by atoms with E-state index >= 15 is 0 Å². The Morgan fingerprint density at radius 1 is 1.53 bits per heavy atom. The molecule has 1 fully saturated rings. The summed E-state index contributed by atoms with van der Waals surface area (Å²) in [5, 5.41) is 12.2. The molecule has 1 aliphatic rings. The van der Waals surface area contributed by atoms with Gasteiger partial charge in [0.25, 0.3) is 0 Å². The van der Waals surface area contributed by atoms with Crippen LogP contribution in [0, 0.1) is 18.3 Å². The molecule has 1 aliphatic heterocycles. The van der Waals surface area contributed by atoms with E-state index in [0.717, 1.165) is 31.7 Å². The van der Waals surface area contributed by atoms with Crippen molar-refractivity contribution in [2.75, 3.05) is 18.5 Å². The van der Waals surface area contributed by atoms with E-state index in [1.54, 1.807) is 6.07 Å². The molecule has 0 bridgehead atoms. The van der Waals surface area contributed by atoms with Gasteiger partial charge in [-0.15, -0.1) is 0 Å². The fourth-order valence-corrected chi connectivity index (χ4v) is 1.96. The molecular formula is C13H17N3O. The zero-order valence-corrected chi connectivity index (χ0v) is 10.1. The number of hydrogen-bond donors (Lipinski definition) is 1. The highest BCUT2D eigenvalue weighted by Gasteiger charge is 2.14. The third-order valence-electron chi connectivity index (χ3n) is 2.93. The normalized spacial score (nSPS) is 19.6. The molecule has 0 spiro atoms. The summed E-state index contributed by atoms with van der Waals surface area (Å²) in [5.41, 5.74) is 1.50. The summed E-state index contributed by atoms with van der Waals surface area (Å²) in [4.78, 5) is 4.34. The van der Waals surface area contributed by atoms with Crippen LogP contribution in [0.3, 0.4) is 0 Å². The van der Waals surface area contributed by atoms with Crippen molar-refractivity contribution >= 4 is 5.82 Å². The minimum atomic E-state index is 0.248. The van der Waals surface area contributed by atoms with Crippen molar-refractivity contribution in [1.29, 1.82) is 5.26 Å². The van der Waals surface area contributed by atoms with Crippen LogP contribution in [0.1, 0.15) is 30.5 Å². The largest absolute Gasteiger partial charge is 0.376 e. The van der Waals surface area contributed by atoms with E-state index in [9.17, 15) is 0 Å². The highest BCUT2D eigenvalue weighted by Crippen LogP contribution is 2.16. The Morgan fingerprint density at radius 2 is 2.41 bits per heavy atom. The lowest BCUT2D eigenvalue weighted by Crippen LogP contribution is -2.27. The summed E-state index contributed by atoms with van der Waals surface area (Å²) in [5.74, 6) is 0.668. The Balaban J connectivity index is 1.98. The first kappa shape index (κ1) is 11.9. The van der Waals surface area contributed by atoms with Crippen LogP contribution in [0.25, 0.3) is 0 Å². The second-order valence-electron chi connectivity index (χ2n) is 4.33. The summed E-state index contributed by atoms with van der Waals surface area (Å²) >= 11 is 0. The number of rotatable bonds is 3. The molecule has 1 N–H and O–H groups in total.